The smallest absolute Gasteiger partial charge is 0.238 e. The minimum atomic E-state index is -0.464. The van der Waals surface area contributed by atoms with Gasteiger partial charge < -0.3 is 19.6 Å². The van der Waals surface area contributed by atoms with E-state index >= 15 is 0 Å². The van der Waals surface area contributed by atoms with Crippen LogP contribution in [-0.4, -0.2) is 30.4 Å². The van der Waals surface area contributed by atoms with Crippen molar-refractivity contribution in [2.75, 3.05) is 14.2 Å². The van der Waals surface area contributed by atoms with Crippen LogP contribution in [0.2, 0.25) is 0 Å². The number of rotatable bonds is 11. The number of pyridine rings is 1. The molecule has 0 bridgehead atoms. The summed E-state index contributed by atoms with van der Waals surface area (Å²) in [6.45, 7) is 14.2. The normalized spacial score (nSPS) is 15.4. The lowest BCUT2D eigenvalue weighted by atomic mass is 9.94. The maximum Gasteiger partial charge on any atom is 0.238 e. The van der Waals surface area contributed by atoms with Gasteiger partial charge >= 0.3 is 0 Å². The van der Waals surface area contributed by atoms with Gasteiger partial charge in [0.2, 0.25) is 17.1 Å². The molecule has 178 valence electrons. The lowest BCUT2D eigenvalue weighted by molar-refractivity contribution is 0.172. The number of aromatic nitrogens is 1. The first-order valence-electron chi connectivity index (χ1n) is 11.2. The average molecular weight is 444 g/mol. The van der Waals surface area contributed by atoms with Crippen molar-refractivity contribution in [2.24, 2.45) is 11.8 Å². The first-order valence-corrected chi connectivity index (χ1v) is 11.2. The number of ether oxygens (including phenoxy) is 2. The van der Waals surface area contributed by atoms with Crippen LogP contribution in [0.5, 0.6) is 11.6 Å². The monoisotopic (exact) mass is 443 g/mol. The second-order valence-corrected chi connectivity index (χ2v) is 8.85. The third kappa shape index (κ3) is 8.19. The molecule has 0 spiro atoms. The SMILES string of the molecule is COc1[nH]c(C/C=C(\C)C/C=C/C(C)=C/C(C)C(O)/C(C)=C\C(C)C)c(C)c(=O)c1OC. The van der Waals surface area contributed by atoms with E-state index in [4.69, 9.17) is 9.47 Å². The number of allylic oxidation sites excluding steroid dienone is 6. The molecule has 0 radical (unpaired) electrons. The lowest BCUT2D eigenvalue weighted by Gasteiger charge is -2.18. The van der Waals surface area contributed by atoms with Gasteiger partial charge in [0, 0.05) is 23.6 Å². The summed E-state index contributed by atoms with van der Waals surface area (Å²) < 4.78 is 10.4. The molecule has 0 amide bonds. The van der Waals surface area contributed by atoms with Crippen molar-refractivity contribution in [3.63, 3.8) is 0 Å². The third-order valence-corrected chi connectivity index (χ3v) is 5.44. The number of aliphatic hydroxyl groups excluding tert-OH is 1. The van der Waals surface area contributed by atoms with Crippen LogP contribution in [0, 0.1) is 18.8 Å². The zero-order valence-corrected chi connectivity index (χ0v) is 21.2. The molecule has 2 unspecified atom stereocenters. The predicted octanol–water partition coefficient (Wildman–Crippen LogP) is 5.68. The zero-order valence-electron chi connectivity index (χ0n) is 21.2. The number of H-pyrrole nitrogens is 1. The maximum atomic E-state index is 12.4. The van der Waals surface area contributed by atoms with E-state index in [-0.39, 0.29) is 17.1 Å². The Bertz CT molecular complexity index is 932. The van der Waals surface area contributed by atoms with Gasteiger partial charge in [0.1, 0.15) is 0 Å². The van der Waals surface area contributed by atoms with Gasteiger partial charge in [-0.15, -0.1) is 0 Å². The van der Waals surface area contributed by atoms with Gasteiger partial charge in [0.15, 0.2) is 0 Å². The van der Waals surface area contributed by atoms with Crippen molar-refractivity contribution in [2.45, 2.75) is 67.4 Å². The van der Waals surface area contributed by atoms with Gasteiger partial charge in [0.25, 0.3) is 0 Å². The summed E-state index contributed by atoms with van der Waals surface area (Å²) >= 11 is 0. The molecule has 2 N–H and O–H groups in total. The van der Waals surface area contributed by atoms with E-state index in [1.807, 2.05) is 13.8 Å². The van der Waals surface area contributed by atoms with Gasteiger partial charge in [0.05, 0.1) is 20.3 Å². The molecule has 1 rings (SSSR count). The Morgan fingerprint density at radius 3 is 2.31 bits per heavy atom. The van der Waals surface area contributed by atoms with E-state index in [1.165, 1.54) is 19.8 Å². The van der Waals surface area contributed by atoms with E-state index < -0.39 is 6.10 Å². The summed E-state index contributed by atoms with van der Waals surface area (Å²) in [5, 5.41) is 10.5. The fourth-order valence-corrected chi connectivity index (χ4v) is 3.62. The molecular weight excluding hydrogens is 402 g/mol. The molecule has 5 nitrogen and oxygen atoms in total. The summed E-state index contributed by atoms with van der Waals surface area (Å²) in [5.41, 5.74) is 4.65. The maximum absolute atomic E-state index is 12.4. The Morgan fingerprint density at radius 1 is 1.09 bits per heavy atom. The highest BCUT2D eigenvalue weighted by Gasteiger charge is 2.15. The molecule has 1 aromatic rings. The number of methoxy groups -OCH3 is 2. The zero-order chi connectivity index (χ0) is 24.4. The Kier molecular flexibility index (Phi) is 11.3. The second kappa shape index (κ2) is 13.1. The Morgan fingerprint density at radius 2 is 1.75 bits per heavy atom. The van der Waals surface area contributed by atoms with E-state index in [0.29, 0.717) is 23.8 Å². The molecule has 0 saturated carbocycles. The van der Waals surface area contributed by atoms with E-state index in [2.05, 4.69) is 63.1 Å². The first kappa shape index (κ1) is 27.5. The second-order valence-electron chi connectivity index (χ2n) is 8.85. The molecule has 32 heavy (non-hydrogen) atoms. The Balaban J connectivity index is 2.80. The largest absolute Gasteiger partial charge is 0.488 e. The van der Waals surface area contributed by atoms with E-state index in [1.54, 1.807) is 6.92 Å². The highest BCUT2D eigenvalue weighted by molar-refractivity contribution is 5.40. The molecule has 0 fully saturated rings. The lowest BCUT2D eigenvalue weighted by Crippen LogP contribution is -2.17. The van der Waals surface area contributed by atoms with Gasteiger partial charge in [-0.25, -0.2) is 0 Å². The van der Waals surface area contributed by atoms with Crippen LogP contribution in [0.15, 0.2) is 51.9 Å². The predicted molar refractivity (Wildman–Crippen MR) is 134 cm³/mol. The summed E-state index contributed by atoms with van der Waals surface area (Å²) in [6, 6.07) is 0. The number of nitrogens with one attached hydrogen (secondary N) is 1. The van der Waals surface area contributed by atoms with Crippen LogP contribution < -0.4 is 14.9 Å². The van der Waals surface area contributed by atoms with E-state index in [9.17, 15) is 9.90 Å². The number of hydrogen-bond donors (Lipinski definition) is 2. The summed E-state index contributed by atoms with van der Waals surface area (Å²) in [4.78, 5) is 15.6. The highest BCUT2D eigenvalue weighted by atomic mass is 16.5. The first-order chi connectivity index (χ1) is 15.0. The van der Waals surface area contributed by atoms with Crippen molar-refractivity contribution in [1.29, 1.82) is 0 Å². The quantitative estimate of drug-likeness (QED) is 0.341. The standard InChI is InChI=1S/C27H41NO4/c1-17(2)15-20(5)24(29)21(6)16-19(4)12-10-11-18(3)13-14-23-22(7)25(30)26(31-8)27(28-23)32-9/h10,12-13,15-17,21,24,29H,11,14H2,1-9H3,(H,28,30)/b12-10+,18-13+,19-16+,20-15-. The topological polar surface area (TPSA) is 71.5 Å². The summed E-state index contributed by atoms with van der Waals surface area (Å²) in [5.74, 6) is 1.03. The Labute approximate surface area is 193 Å². The van der Waals surface area contributed by atoms with Crippen molar-refractivity contribution in [3.8, 4) is 11.6 Å². The molecule has 0 saturated heterocycles. The number of aromatic amines is 1. The molecular formula is C27H41NO4. The van der Waals surface area contributed by atoms with Gasteiger partial charge in [-0.2, -0.15) is 0 Å². The van der Waals surface area contributed by atoms with Crippen LogP contribution >= 0.6 is 0 Å². The van der Waals surface area contributed by atoms with Gasteiger partial charge in [-0.1, -0.05) is 62.3 Å². The van der Waals surface area contributed by atoms with Crippen molar-refractivity contribution >= 4 is 0 Å². The fraction of sp³-hybridized carbons (Fsp3) is 0.519. The number of hydrogen-bond acceptors (Lipinski definition) is 4. The van der Waals surface area contributed by atoms with Crippen LogP contribution in [0.3, 0.4) is 0 Å². The molecule has 0 aliphatic heterocycles. The molecule has 1 heterocycles. The fourth-order valence-electron chi connectivity index (χ4n) is 3.62. The highest BCUT2D eigenvalue weighted by Crippen LogP contribution is 2.22. The van der Waals surface area contributed by atoms with Crippen molar-refractivity contribution < 1.29 is 14.6 Å². The van der Waals surface area contributed by atoms with Gasteiger partial charge in [-0.3, -0.25) is 4.79 Å². The third-order valence-electron chi connectivity index (χ3n) is 5.44. The molecule has 0 aliphatic carbocycles. The summed E-state index contributed by atoms with van der Waals surface area (Å²) in [6.07, 6.45) is 11.5. The molecule has 2 atom stereocenters. The van der Waals surface area contributed by atoms with E-state index in [0.717, 1.165) is 23.3 Å². The molecule has 1 aromatic heterocycles. The minimum Gasteiger partial charge on any atom is -0.488 e. The van der Waals surface area contributed by atoms with Crippen molar-refractivity contribution in [1.82, 2.24) is 4.98 Å². The van der Waals surface area contributed by atoms with Crippen LogP contribution in [0.1, 0.15) is 59.2 Å². The van der Waals surface area contributed by atoms with Crippen LogP contribution in [0.4, 0.5) is 0 Å². The van der Waals surface area contributed by atoms with Crippen LogP contribution in [0.25, 0.3) is 0 Å². The number of aliphatic hydroxyl groups is 1. The van der Waals surface area contributed by atoms with Gasteiger partial charge in [-0.05, 0) is 45.6 Å². The molecule has 5 heteroatoms. The van der Waals surface area contributed by atoms with Crippen LogP contribution in [-0.2, 0) is 6.42 Å². The minimum absolute atomic E-state index is 0.0520. The molecule has 0 aromatic carbocycles. The summed E-state index contributed by atoms with van der Waals surface area (Å²) in [7, 11) is 2.97. The average Bonchev–Trinajstić information content (AvgIpc) is 2.73. The Hall–Kier alpha value is -2.53. The molecule has 0 aliphatic rings. The van der Waals surface area contributed by atoms with Crippen molar-refractivity contribution in [3.05, 3.63) is 68.6 Å².